The molecule has 10 nitrogen and oxygen atoms in total. The summed E-state index contributed by atoms with van der Waals surface area (Å²) in [5.74, 6) is 2.23. The van der Waals surface area contributed by atoms with Crippen molar-refractivity contribution in [3.05, 3.63) is 29.3 Å². The second-order valence-electron chi connectivity index (χ2n) is 8.86. The number of anilines is 2. The molecular formula is C24H31N7O3S. The summed E-state index contributed by atoms with van der Waals surface area (Å²) in [5.41, 5.74) is 1.82. The van der Waals surface area contributed by atoms with Crippen molar-refractivity contribution in [3.8, 4) is 11.4 Å². The predicted molar refractivity (Wildman–Crippen MR) is 137 cm³/mol. The third-order valence-corrected chi connectivity index (χ3v) is 7.52. The van der Waals surface area contributed by atoms with Gasteiger partial charge < -0.3 is 25.0 Å². The van der Waals surface area contributed by atoms with Crippen LogP contribution in [0.3, 0.4) is 0 Å². The first-order valence-corrected chi connectivity index (χ1v) is 12.8. The van der Waals surface area contributed by atoms with Crippen molar-refractivity contribution in [1.29, 1.82) is 0 Å². The maximum absolute atomic E-state index is 12.1. The number of aromatic nitrogens is 3. The molecule has 2 saturated heterocycles. The van der Waals surface area contributed by atoms with Crippen molar-refractivity contribution in [1.82, 2.24) is 24.8 Å². The zero-order valence-corrected chi connectivity index (χ0v) is 20.9. The lowest BCUT2D eigenvalue weighted by molar-refractivity contribution is -0.141. The number of aliphatic hydroxyl groups excluding tert-OH is 1. The molecule has 2 aliphatic rings. The predicted octanol–water partition coefficient (Wildman–Crippen LogP) is 1.66. The molecule has 5 rings (SSSR count). The average Bonchev–Trinajstić information content (AvgIpc) is 3.31. The number of hydrogen-bond acceptors (Lipinski definition) is 10. The topological polar surface area (TPSA) is 107 Å². The molecule has 2 fully saturated rings. The van der Waals surface area contributed by atoms with Gasteiger partial charge >= 0.3 is 0 Å². The van der Waals surface area contributed by atoms with Crippen LogP contribution in [-0.4, -0.2) is 101 Å². The Morgan fingerprint density at radius 2 is 1.94 bits per heavy atom. The quantitative estimate of drug-likeness (QED) is 0.526. The Labute approximate surface area is 208 Å². The highest BCUT2D eigenvalue weighted by Crippen LogP contribution is 2.35. The van der Waals surface area contributed by atoms with Crippen LogP contribution in [0.1, 0.15) is 11.8 Å². The van der Waals surface area contributed by atoms with Crippen LogP contribution >= 0.6 is 11.3 Å². The Morgan fingerprint density at radius 1 is 1.17 bits per heavy atom. The Balaban J connectivity index is 1.41. The minimum atomic E-state index is -0.944. The molecule has 35 heavy (non-hydrogen) atoms. The Hall–Kier alpha value is -2.86. The van der Waals surface area contributed by atoms with Gasteiger partial charge in [0.15, 0.2) is 11.6 Å². The lowest BCUT2D eigenvalue weighted by atomic mass is 10.2. The molecule has 0 aliphatic carbocycles. The van der Waals surface area contributed by atoms with Crippen LogP contribution in [0.5, 0.6) is 0 Å². The van der Waals surface area contributed by atoms with Gasteiger partial charge in [-0.1, -0.05) is 0 Å². The number of amides is 1. The van der Waals surface area contributed by atoms with Gasteiger partial charge in [0.25, 0.3) is 5.91 Å². The standard InChI is InChI=1S/C24H31N7O3S/c1-16(32)24(33)31-7-5-29(6-8-31)15-18-13-19-21(35-18)23(30-9-11-34-12-10-30)28-22(27-19)17-3-4-20(25-2)26-14-17/h3-4,13-14,16,32H,5-12,15H2,1-2H3,(H,25,26). The molecule has 2 N–H and O–H groups in total. The van der Waals surface area contributed by atoms with E-state index in [1.165, 1.54) is 11.8 Å². The van der Waals surface area contributed by atoms with Crippen LogP contribution in [0.2, 0.25) is 0 Å². The van der Waals surface area contributed by atoms with Crippen LogP contribution in [0.15, 0.2) is 24.4 Å². The highest BCUT2D eigenvalue weighted by Gasteiger charge is 2.25. The number of hydrogen-bond donors (Lipinski definition) is 2. The van der Waals surface area contributed by atoms with Crippen LogP contribution in [0.4, 0.5) is 11.6 Å². The van der Waals surface area contributed by atoms with E-state index in [4.69, 9.17) is 14.7 Å². The smallest absolute Gasteiger partial charge is 0.251 e. The van der Waals surface area contributed by atoms with E-state index in [0.29, 0.717) is 32.1 Å². The summed E-state index contributed by atoms with van der Waals surface area (Å²) in [4.78, 5) is 34.0. The molecule has 0 bridgehead atoms. The fraction of sp³-hybridized carbons (Fsp3) is 0.500. The molecule has 11 heteroatoms. The maximum atomic E-state index is 12.1. The molecular weight excluding hydrogens is 466 g/mol. The largest absolute Gasteiger partial charge is 0.384 e. The molecule has 0 saturated carbocycles. The monoisotopic (exact) mass is 497 g/mol. The number of rotatable bonds is 6. The van der Waals surface area contributed by atoms with Crippen molar-refractivity contribution >= 4 is 39.1 Å². The molecule has 2 aliphatic heterocycles. The molecule has 1 unspecified atom stereocenters. The van der Waals surface area contributed by atoms with Gasteiger partial charge in [-0.15, -0.1) is 11.3 Å². The number of morpholine rings is 1. The first kappa shape index (κ1) is 23.9. The Bertz CT molecular complexity index is 1170. The van der Waals surface area contributed by atoms with Gasteiger partial charge in [-0.25, -0.2) is 15.0 Å². The zero-order chi connectivity index (χ0) is 24.4. The lowest BCUT2D eigenvalue weighted by Gasteiger charge is -2.35. The highest BCUT2D eigenvalue weighted by molar-refractivity contribution is 7.19. The zero-order valence-electron chi connectivity index (χ0n) is 20.1. The van der Waals surface area contributed by atoms with Crippen LogP contribution in [0.25, 0.3) is 21.6 Å². The molecule has 0 radical (unpaired) electrons. The number of pyridine rings is 1. The van der Waals surface area contributed by atoms with Gasteiger partial charge in [0, 0.05) is 69.5 Å². The van der Waals surface area contributed by atoms with Gasteiger partial charge in [-0.2, -0.15) is 0 Å². The van der Waals surface area contributed by atoms with E-state index in [0.717, 1.165) is 60.1 Å². The van der Waals surface area contributed by atoms with E-state index in [9.17, 15) is 9.90 Å². The Kier molecular flexibility index (Phi) is 7.09. The number of piperazine rings is 1. The fourth-order valence-corrected chi connectivity index (χ4v) is 5.60. The SMILES string of the molecule is CNc1ccc(-c2nc(N3CCOCC3)c3sc(CN4CCN(C(=O)C(C)O)CC4)cc3n2)cn1. The van der Waals surface area contributed by atoms with E-state index >= 15 is 0 Å². The van der Waals surface area contributed by atoms with Gasteiger partial charge in [-0.05, 0) is 25.1 Å². The molecule has 3 aromatic heterocycles. The van der Waals surface area contributed by atoms with E-state index in [2.05, 4.69) is 26.2 Å². The number of fused-ring (bicyclic) bond motifs is 1. The number of nitrogens with zero attached hydrogens (tertiary/aromatic N) is 6. The maximum Gasteiger partial charge on any atom is 0.251 e. The minimum absolute atomic E-state index is 0.193. The van der Waals surface area contributed by atoms with Gasteiger partial charge in [0.05, 0.1) is 23.4 Å². The van der Waals surface area contributed by atoms with E-state index < -0.39 is 6.10 Å². The first-order chi connectivity index (χ1) is 17.0. The number of ether oxygens (including phenoxy) is 1. The van der Waals surface area contributed by atoms with E-state index in [1.807, 2.05) is 19.2 Å². The summed E-state index contributed by atoms with van der Waals surface area (Å²) in [5, 5.41) is 12.6. The molecule has 1 atom stereocenters. The van der Waals surface area contributed by atoms with Crippen molar-refractivity contribution in [3.63, 3.8) is 0 Å². The molecule has 0 spiro atoms. The van der Waals surface area contributed by atoms with Crippen molar-refractivity contribution in [2.75, 3.05) is 69.7 Å². The molecule has 5 heterocycles. The number of thiophene rings is 1. The number of carbonyl (C=O) groups excluding carboxylic acids is 1. The van der Waals surface area contributed by atoms with Crippen molar-refractivity contribution < 1.29 is 14.6 Å². The molecule has 0 aromatic carbocycles. The lowest BCUT2D eigenvalue weighted by Crippen LogP contribution is -2.50. The minimum Gasteiger partial charge on any atom is -0.384 e. The van der Waals surface area contributed by atoms with Crippen molar-refractivity contribution in [2.24, 2.45) is 0 Å². The second kappa shape index (κ2) is 10.4. The van der Waals surface area contributed by atoms with E-state index in [-0.39, 0.29) is 5.91 Å². The van der Waals surface area contributed by atoms with Gasteiger partial charge in [0.2, 0.25) is 0 Å². The highest BCUT2D eigenvalue weighted by atomic mass is 32.1. The number of carbonyl (C=O) groups is 1. The summed E-state index contributed by atoms with van der Waals surface area (Å²) in [6.07, 6.45) is 0.859. The van der Waals surface area contributed by atoms with Crippen molar-refractivity contribution in [2.45, 2.75) is 19.6 Å². The molecule has 186 valence electrons. The summed E-state index contributed by atoms with van der Waals surface area (Å²) in [6, 6.07) is 6.08. The van der Waals surface area contributed by atoms with Crippen LogP contribution in [-0.2, 0) is 16.1 Å². The first-order valence-electron chi connectivity index (χ1n) is 12.0. The summed E-state index contributed by atoms with van der Waals surface area (Å²) < 4.78 is 6.66. The second-order valence-corrected chi connectivity index (χ2v) is 9.99. The van der Waals surface area contributed by atoms with Crippen LogP contribution < -0.4 is 10.2 Å². The van der Waals surface area contributed by atoms with Crippen LogP contribution in [0, 0.1) is 0 Å². The third kappa shape index (κ3) is 5.22. The summed E-state index contributed by atoms with van der Waals surface area (Å²) in [7, 11) is 1.85. The normalized spacial score (nSPS) is 18.1. The Morgan fingerprint density at radius 3 is 2.60 bits per heavy atom. The average molecular weight is 498 g/mol. The van der Waals surface area contributed by atoms with E-state index in [1.54, 1.807) is 22.4 Å². The number of nitrogens with one attached hydrogen (secondary N) is 1. The summed E-state index contributed by atoms with van der Waals surface area (Å²) in [6.45, 7) is 8.13. The fourth-order valence-electron chi connectivity index (χ4n) is 4.45. The van der Waals surface area contributed by atoms with Gasteiger partial charge in [-0.3, -0.25) is 9.69 Å². The molecule has 1 amide bonds. The summed E-state index contributed by atoms with van der Waals surface area (Å²) >= 11 is 1.74. The number of aliphatic hydroxyl groups is 1. The third-order valence-electron chi connectivity index (χ3n) is 6.41. The molecule has 3 aromatic rings. The van der Waals surface area contributed by atoms with Gasteiger partial charge in [0.1, 0.15) is 11.9 Å².